The number of anilines is 1. The monoisotopic (exact) mass is 353 g/mol. The van der Waals surface area contributed by atoms with Crippen LogP contribution in [0.4, 0.5) is 5.69 Å². The van der Waals surface area contributed by atoms with E-state index >= 15 is 0 Å². The molecule has 0 spiro atoms. The fraction of sp³-hybridized carbons (Fsp3) is 0.188. The van der Waals surface area contributed by atoms with E-state index in [1.54, 1.807) is 24.3 Å². The summed E-state index contributed by atoms with van der Waals surface area (Å²) in [5, 5.41) is 3.07. The topological polar surface area (TPSA) is 72.5 Å². The van der Waals surface area contributed by atoms with Gasteiger partial charge in [-0.3, -0.25) is 4.79 Å². The molecular weight excluding hydrogens is 338 g/mol. The van der Waals surface area contributed by atoms with Crippen molar-refractivity contribution in [3.63, 3.8) is 0 Å². The van der Waals surface area contributed by atoms with E-state index in [9.17, 15) is 13.2 Å². The van der Waals surface area contributed by atoms with Crippen molar-refractivity contribution in [3.8, 4) is 5.75 Å². The normalized spacial score (nSPS) is 11.1. The van der Waals surface area contributed by atoms with E-state index < -0.39 is 15.7 Å². The highest BCUT2D eigenvalue weighted by molar-refractivity contribution is 7.91. The molecule has 1 amide bonds. The fourth-order valence-corrected chi connectivity index (χ4v) is 3.31. The third-order valence-corrected chi connectivity index (χ3v) is 5.28. The molecule has 2 rings (SSSR count). The van der Waals surface area contributed by atoms with E-state index in [-0.39, 0.29) is 16.2 Å². The van der Waals surface area contributed by atoms with Crippen LogP contribution in [0.5, 0.6) is 5.75 Å². The van der Waals surface area contributed by atoms with E-state index in [0.29, 0.717) is 16.5 Å². The zero-order valence-electron chi connectivity index (χ0n) is 12.7. The van der Waals surface area contributed by atoms with Crippen LogP contribution in [-0.4, -0.2) is 27.2 Å². The van der Waals surface area contributed by atoms with Crippen molar-refractivity contribution in [1.29, 1.82) is 0 Å². The number of hydrogen-bond donors (Lipinski definition) is 1. The number of carbonyl (C=O) groups is 1. The van der Waals surface area contributed by atoms with Crippen LogP contribution in [0, 0.1) is 0 Å². The minimum Gasteiger partial charge on any atom is -0.495 e. The van der Waals surface area contributed by atoms with Gasteiger partial charge in [-0.2, -0.15) is 0 Å². The smallest absolute Gasteiger partial charge is 0.257 e. The zero-order chi connectivity index (χ0) is 17.0. The van der Waals surface area contributed by atoms with Crippen molar-refractivity contribution < 1.29 is 17.9 Å². The van der Waals surface area contributed by atoms with Crippen LogP contribution in [-0.2, 0) is 9.84 Å². The number of amides is 1. The lowest BCUT2D eigenvalue weighted by molar-refractivity contribution is 0.102. The summed E-state index contributed by atoms with van der Waals surface area (Å²) in [7, 11) is -2.04. The van der Waals surface area contributed by atoms with Gasteiger partial charge in [0.1, 0.15) is 5.75 Å². The number of nitrogens with one attached hydrogen (secondary N) is 1. The Balaban J connectivity index is 2.42. The summed E-state index contributed by atoms with van der Waals surface area (Å²) in [5.74, 6) is -0.200. The number of carbonyl (C=O) groups excluding carboxylic acids is 1. The molecule has 0 atom stereocenters. The van der Waals surface area contributed by atoms with Gasteiger partial charge in [-0.1, -0.05) is 30.7 Å². The molecule has 0 unspecified atom stereocenters. The quantitative estimate of drug-likeness (QED) is 0.894. The molecule has 2 aromatic carbocycles. The first kappa shape index (κ1) is 17.3. The molecule has 0 saturated heterocycles. The molecular formula is C16H16ClNO4S. The van der Waals surface area contributed by atoms with Crippen molar-refractivity contribution in [2.75, 3.05) is 18.2 Å². The second-order valence-electron chi connectivity index (χ2n) is 4.70. The largest absolute Gasteiger partial charge is 0.495 e. The molecule has 1 N–H and O–H groups in total. The summed E-state index contributed by atoms with van der Waals surface area (Å²) >= 11 is 5.93. The van der Waals surface area contributed by atoms with Crippen LogP contribution in [0.25, 0.3) is 0 Å². The van der Waals surface area contributed by atoms with Crippen LogP contribution < -0.4 is 10.1 Å². The van der Waals surface area contributed by atoms with Crippen molar-refractivity contribution >= 4 is 33.0 Å². The number of methoxy groups -OCH3 is 1. The third kappa shape index (κ3) is 3.83. The SMILES string of the molecule is CCS(=O)(=O)c1ccccc1C(=O)Nc1cc(Cl)ccc1OC. The minimum absolute atomic E-state index is 0.000921. The van der Waals surface area contributed by atoms with Gasteiger partial charge in [0.05, 0.1) is 29.0 Å². The maximum atomic E-state index is 12.5. The molecule has 122 valence electrons. The summed E-state index contributed by atoms with van der Waals surface area (Å²) in [6.45, 7) is 1.53. The van der Waals surface area contributed by atoms with Crippen molar-refractivity contribution in [2.24, 2.45) is 0 Å². The first-order valence-electron chi connectivity index (χ1n) is 6.85. The Morgan fingerprint density at radius 2 is 1.91 bits per heavy atom. The average molecular weight is 354 g/mol. The van der Waals surface area contributed by atoms with Crippen LogP contribution in [0.15, 0.2) is 47.4 Å². The Kier molecular flexibility index (Phi) is 5.28. The fourth-order valence-electron chi connectivity index (χ4n) is 2.05. The molecule has 0 aromatic heterocycles. The standard InChI is InChI=1S/C16H16ClNO4S/c1-3-23(20,21)15-7-5-4-6-12(15)16(19)18-13-10-11(17)8-9-14(13)22-2/h4-10H,3H2,1-2H3,(H,18,19). The Hall–Kier alpha value is -2.05. The first-order valence-corrected chi connectivity index (χ1v) is 8.88. The maximum Gasteiger partial charge on any atom is 0.257 e. The molecule has 2 aromatic rings. The first-order chi connectivity index (χ1) is 10.9. The molecule has 5 nitrogen and oxygen atoms in total. The third-order valence-electron chi connectivity index (χ3n) is 3.26. The molecule has 7 heteroatoms. The Morgan fingerprint density at radius 3 is 2.57 bits per heavy atom. The Morgan fingerprint density at radius 1 is 1.22 bits per heavy atom. The van der Waals surface area contributed by atoms with Gasteiger partial charge in [0.25, 0.3) is 5.91 Å². The van der Waals surface area contributed by atoms with Crippen LogP contribution in [0.1, 0.15) is 17.3 Å². The lowest BCUT2D eigenvalue weighted by Crippen LogP contribution is -2.17. The second-order valence-corrected chi connectivity index (χ2v) is 7.38. The summed E-state index contributed by atoms with van der Waals surface area (Å²) < 4.78 is 29.4. The summed E-state index contributed by atoms with van der Waals surface area (Å²) in [6, 6.07) is 10.9. The van der Waals surface area contributed by atoms with Crippen molar-refractivity contribution in [3.05, 3.63) is 53.1 Å². The number of ether oxygens (including phenoxy) is 1. The highest BCUT2D eigenvalue weighted by Gasteiger charge is 2.21. The molecule has 0 aliphatic heterocycles. The van der Waals surface area contributed by atoms with Gasteiger partial charge < -0.3 is 10.1 Å². The van der Waals surface area contributed by atoms with Gasteiger partial charge in [0.2, 0.25) is 0 Å². The molecule has 0 aliphatic rings. The molecule has 0 radical (unpaired) electrons. The zero-order valence-corrected chi connectivity index (χ0v) is 14.2. The number of rotatable bonds is 5. The Bertz CT molecular complexity index is 834. The van der Waals surface area contributed by atoms with E-state index in [1.807, 2.05) is 0 Å². The summed E-state index contributed by atoms with van der Waals surface area (Å²) in [6.07, 6.45) is 0. The molecule has 0 saturated carbocycles. The number of sulfone groups is 1. The lowest BCUT2D eigenvalue weighted by atomic mass is 10.2. The van der Waals surface area contributed by atoms with Gasteiger partial charge in [-0.15, -0.1) is 0 Å². The van der Waals surface area contributed by atoms with Gasteiger partial charge in [-0.05, 0) is 30.3 Å². The minimum atomic E-state index is -3.51. The molecule has 0 aliphatic carbocycles. The van der Waals surface area contributed by atoms with E-state index in [0.717, 1.165) is 0 Å². The van der Waals surface area contributed by atoms with Gasteiger partial charge in [0.15, 0.2) is 9.84 Å². The average Bonchev–Trinajstić information content (AvgIpc) is 2.55. The van der Waals surface area contributed by atoms with E-state index in [1.165, 1.54) is 32.2 Å². The summed E-state index contributed by atoms with van der Waals surface area (Å²) in [4.78, 5) is 12.5. The molecule has 0 fully saturated rings. The van der Waals surface area contributed by atoms with Crippen LogP contribution >= 0.6 is 11.6 Å². The molecule has 23 heavy (non-hydrogen) atoms. The predicted octanol–water partition coefficient (Wildman–Crippen LogP) is 3.39. The molecule has 0 bridgehead atoms. The second kappa shape index (κ2) is 7.02. The Labute approximate surface area is 140 Å². The number of halogens is 1. The van der Waals surface area contributed by atoms with Crippen molar-refractivity contribution in [1.82, 2.24) is 0 Å². The highest BCUT2D eigenvalue weighted by atomic mass is 35.5. The van der Waals surface area contributed by atoms with E-state index in [4.69, 9.17) is 16.3 Å². The predicted molar refractivity (Wildman–Crippen MR) is 90.1 cm³/mol. The molecule has 0 heterocycles. The highest BCUT2D eigenvalue weighted by Crippen LogP contribution is 2.28. The van der Waals surface area contributed by atoms with Crippen LogP contribution in [0.3, 0.4) is 0 Å². The van der Waals surface area contributed by atoms with E-state index in [2.05, 4.69) is 5.32 Å². The van der Waals surface area contributed by atoms with Crippen molar-refractivity contribution in [2.45, 2.75) is 11.8 Å². The number of hydrogen-bond acceptors (Lipinski definition) is 4. The van der Waals surface area contributed by atoms with Crippen LogP contribution in [0.2, 0.25) is 5.02 Å². The van der Waals surface area contributed by atoms with Gasteiger partial charge in [0, 0.05) is 5.02 Å². The number of benzene rings is 2. The summed E-state index contributed by atoms with van der Waals surface area (Å²) in [5.41, 5.74) is 0.449. The maximum absolute atomic E-state index is 12.5. The lowest BCUT2D eigenvalue weighted by Gasteiger charge is -2.12. The van der Waals surface area contributed by atoms with Gasteiger partial charge in [-0.25, -0.2) is 8.42 Å². The van der Waals surface area contributed by atoms with Gasteiger partial charge >= 0.3 is 0 Å².